The first-order valence-corrected chi connectivity index (χ1v) is 9.88. The van der Waals surface area contributed by atoms with E-state index < -0.39 is 0 Å². The number of nitrogens with zero attached hydrogens (tertiary/aromatic N) is 4. The lowest BCUT2D eigenvalue weighted by molar-refractivity contribution is 0.414. The Morgan fingerprint density at radius 2 is 1.96 bits per heavy atom. The van der Waals surface area contributed by atoms with E-state index in [1.54, 1.807) is 25.9 Å². The van der Waals surface area contributed by atoms with Gasteiger partial charge in [-0.2, -0.15) is 0 Å². The standard InChI is InChI=1S/C19H24N4O3S/c1-5-6-10-23-15-16(21(2)19(25)22(3)17(15)24)20-18(23)27-12-13-8-7-9-14(11-13)26-4/h7-9,11H,5-6,10,12H2,1-4H3. The number of fused-ring (bicyclic) bond motifs is 1. The molecule has 3 rings (SSSR count). The lowest BCUT2D eigenvalue weighted by atomic mass is 10.2. The Morgan fingerprint density at radius 1 is 1.19 bits per heavy atom. The molecule has 27 heavy (non-hydrogen) atoms. The lowest BCUT2D eigenvalue weighted by Gasteiger charge is -2.09. The molecule has 2 heterocycles. The fourth-order valence-corrected chi connectivity index (χ4v) is 3.94. The van der Waals surface area contributed by atoms with Crippen LogP contribution in [0.1, 0.15) is 25.3 Å². The highest BCUT2D eigenvalue weighted by molar-refractivity contribution is 7.98. The maximum Gasteiger partial charge on any atom is 0.332 e. The van der Waals surface area contributed by atoms with E-state index in [1.807, 2.05) is 28.8 Å². The van der Waals surface area contributed by atoms with Gasteiger partial charge in [0.25, 0.3) is 5.56 Å². The third-order valence-corrected chi connectivity index (χ3v) is 5.60. The molecule has 0 amide bonds. The first-order valence-electron chi connectivity index (χ1n) is 8.89. The van der Waals surface area contributed by atoms with Gasteiger partial charge in [-0.05, 0) is 24.1 Å². The highest BCUT2D eigenvalue weighted by Gasteiger charge is 2.19. The molecule has 0 radical (unpaired) electrons. The minimum Gasteiger partial charge on any atom is -0.497 e. The zero-order chi connectivity index (χ0) is 19.6. The van der Waals surface area contributed by atoms with Crippen LogP contribution in [0, 0.1) is 0 Å². The summed E-state index contributed by atoms with van der Waals surface area (Å²) in [5.74, 6) is 1.50. The van der Waals surface area contributed by atoms with Gasteiger partial charge in [0.15, 0.2) is 16.3 Å². The van der Waals surface area contributed by atoms with Gasteiger partial charge in [-0.3, -0.25) is 13.9 Å². The zero-order valence-corrected chi connectivity index (χ0v) is 16.9. The summed E-state index contributed by atoms with van der Waals surface area (Å²) in [5.41, 5.74) is 1.37. The van der Waals surface area contributed by atoms with Gasteiger partial charge in [0.2, 0.25) is 0 Å². The average Bonchev–Trinajstić information content (AvgIpc) is 3.06. The normalized spacial score (nSPS) is 11.3. The number of imidazole rings is 1. The van der Waals surface area contributed by atoms with E-state index in [0.29, 0.717) is 23.5 Å². The fraction of sp³-hybridized carbons (Fsp3) is 0.421. The van der Waals surface area contributed by atoms with Crippen molar-refractivity contribution in [2.75, 3.05) is 7.11 Å². The minimum atomic E-state index is -0.364. The predicted octanol–water partition coefficient (Wildman–Crippen LogP) is 2.53. The van der Waals surface area contributed by atoms with Crippen LogP contribution in [-0.2, 0) is 26.4 Å². The maximum absolute atomic E-state index is 12.7. The number of benzene rings is 1. The Hall–Kier alpha value is -2.48. The number of methoxy groups -OCH3 is 1. The molecule has 7 nitrogen and oxygen atoms in total. The van der Waals surface area contributed by atoms with Crippen LogP contribution in [0.2, 0.25) is 0 Å². The smallest absolute Gasteiger partial charge is 0.332 e. The molecular formula is C19H24N4O3S. The van der Waals surface area contributed by atoms with Crippen LogP contribution in [0.15, 0.2) is 39.0 Å². The minimum absolute atomic E-state index is 0.301. The molecule has 0 N–H and O–H groups in total. The van der Waals surface area contributed by atoms with E-state index in [0.717, 1.165) is 33.9 Å². The Kier molecular flexibility index (Phi) is 5.74. The number of aromatic nitrogens is 4. The molecule has 0 fully saturated rings. The molecule has 0 spiro atoms. The van der Waals surface area contributed by atoms with Crippen molar-refractivity contribution in [1.82, 2.24) is 18.7 Å². The summed E-state index contributed by atoms with van der Waals surface area (Å²) >= 11 is 1.56. The summed E-state index contributed by atoms with van der Waals surface area (Å²) < 4.78 is 9.81. The third-order valence-electron chi connectivity index (χ3n) is 4.55. The predicted molar refractivity (Wildman–Crippen MR) is 108 cm³/mol. The largest absolute Gasteiger partial charge is 0.497 e. The van der Waals surface area contributed by atoms with Gasteiger partial charge in [0.05, 0.1) is 7.11 Å². The summed E-state index contributed by atoms with van der Waals surface area (Å²) in [5, 5.41) is 0.750. The Balaban J connectivity index is 2.05. The molecule has 0 saturated carbocycles. The van der Waals surface area contributed by atoms with Crippen LogP contribution in [0.25, 0.3) is 11.2 Å². The van der Waals surface area contributed by atoms with Crippen molar-refractivity contribution in [3.8, 4) is 5.75 Å². The van der Waals surface area contributed by atoms with E-state index in [-0.39, 0.29) is 11.2 Å². The second-order valence-corrected chi connectivity index (χ2v) is 7.36. The van der Waals surface area contributed by atoms with Gasteiger partial charge < -0.3 is 9.30 Å². The monoisotopic (exact) mass is 388 g/mol. The molecule has 1 aromatic carbocycles. The molecule has 0 aliphatic rings. The molecule has 0 bridgehead atoms. The molecular weight excluding hydrogens is 364 g/mol. The van der Waals surface area contributed by atoms with Crippen molar-refractivity contribution in [2.24, 2.45) is 14.1 Å². The van der Waals surface area contributed by atoms with Gasteiger partial charge in [0, 0.05) is 26.4 Å². The molecule has 3 aromatic rings. The molecule has 0 unspecified atom stereocenters. The fourth-order valence-electron chi connectivity index (χ4n) is 2.97. The van der Waals surface area contributed by atoms with E-state index in [2.05, 4.69) is 11.9 Å². The summed E-state index contributed by atoms with van der Waals surface area (Å²) in [6.07, 6.45) is 1.94. The van der Waals surface area contributed by atoms with Crippen molar-refractivity contribution in [3.05, 3.63) is 50.7 Å². The number of ether oxygens (including phenoxy) is 1. The van der Waals surface area contributed by atoms with Crippen LogP contribution in [0.3, 0.4) is 0 Å². The number of unbranched alkanes of at least 4 members (excludes halogenated alkanes) is 1. The molecule has 144 valence electrons. The summed E-state index contributed by atoms with van der Waals surface area (Å²) in [4.78, 5) is 29.6. The summed E-state index contributed by atoms with van der Waals surface area (Å²) in [6.45, 7) is 2.80. The molecule has 2 aromatic heterocycles. The zero-order valence-electron chi connectivity index (χ0n) is 16.1. The second-order valence-electron chi connectivity index (χ2n) is 6.42. The Bertz CT molecular complexity index is 1080. The van der Waals surface area contributed by atoms with E-state index in [9.17, 15) is 9.59 Å². The molecule has 0 atom stereocenters. The number of thioether (sulfide) groups is 1. The number of aryl methyl sites for hydroxylation is 2. The molecule has 0 aliphatic heterocycles. The Morgan fingerprint density at radius 3 is 2.67 bits per heavy atom. The van der Waals surface area contributed by atoms with Gasteiger partial charge >= 0.3 is 5.69 Å². The number of hydrogen-bond acceptors (Lipinski definition) is 5. The lowest BCUT2D eigenvalue weighted by Crippen LogP contribution is -2.37. The quantitative estimate of drug-likeness (QED) is 0.582. The molecule has 0 saturated heterocycles. The van der Waals surface area contributed by atoms with E-state index in [4.69, 9.17) is 4.74 Å². The SMILES string of the molecule is CCCCn1c(SCc2cccc(OC)c2)nc2c1c(=O)n(C)c(=O)n2C. The highest BCUT2D eigenvalue weighted by atomic mass is 32.2. The van der Waals surface area contributed by atoms with Gasteiger partial charge in [-0.15, -0.1) is 0 Å². The van der Waals surface area contributed by atoms with Crippen LogP contribution in [0.5, 0.6) is 5.75 Å². The van der Waals surface area contributed by atoms with Crippen molar-refractivity contribution in [3.63, 3.8) is 0 Å². The Labute approximate surface area is 161 Å². The third kappa shape index (κ3) is 3.66. The molecule has 0 aliphatic carbocycles. The van der Waals surface area contributed by atoms with Crippen LogP contribution in [-0.4, -0.2) is 25.8 Å². The van der Waals surface area contributed by atoms with Crippen LogP contribution < -0.4 is 16.0 Å². The first-order chi connectivity index (χ1) is 13.0. The van der Waals surface area contributed by atoms with Gasteiger partial charge in [0.1, 0.15) is 5.75 Å². The number of hydrogen-bond donors (Lipinski definition) is 0. The topological polar surface area (TPSA) is 71.1 Å². The summed E-state index contributed by atoms with van der Waals surface area (Å²) in [7, 11) is 4.80. The highest BCUT2D eigenvalue weighted by Crippen LogP contribution is 2.26. The van der Waals surface area contributed by atoms with Crippen LogP contribution in [0.4, 0.5) is 0 Å². The van der Waals surface area contributed by atoms with Gasteiger partial charge in [-0.1, -0.05) is 37.2 Å². The van der Waals surface area contributed by atoms with Crippen molar-refractivity contribution < 1.29 is 4.74 Å². The average molecular weight is 388 g/mol. The molecule has 8 heteroatoms. The van der Waals surface area contributed by atoms with Crippen LogP contribution >= 0.6 is 11.8 Å². The van der Waals surface area contributed by atoms with Crippen molar-refractivity contribution in [2.45, 2.75) is 37.2 Å². The maximum atomic E-state index is 12.7. The van der Waals surface area contributed by atoms with E-state index in [1.165, 1.54) is 11.6 Å². The first kappa shape index (κ1) is 19.3. The van der Waals surface area contributed by atoms with Crippen molar-refractivity contribution >= 4 is 22.9 Å². The summed E-state index contributed by atoms with van der Waals surface area (Å²) in [6, 6.07) is 7.88. The second kappa shape index (κ2) is 8.04. The van der Waals surface area contributed by atoms with E-state index >= 15 is 0 Å². The van der Waals surface area contributed by atoms with Crippen molar-refractivity contribution in [1.29, 1.82) is 0 Å². The van der Waals surface area contributed by atoms with Gasteiger partial charge in [-0.25, -0.2) is 9.78 Å². The number of rotatable bonds is 7.